The number of benzene rings is 2. The van der Waals surface area contributed by atoms with Gasteiger partial charge in [-0.25, -0.2) is 9.59 Å². The van der Waals surface area contributed by atoms with Crippen molar-refractivity contribution >= 4 is 29.4 Å². The van der Waals surface area contributed by atoms with Gasteiger partial charge in [0, 0.05) is 23.9 Å². The first-order valence-corrected chi connectivity index (χ1v) is 14.9. The molecule has 9 heteroatoms. The monoisotopic (exact) mass is 584 g/mol. The number of ether oxygens (including phenoxy) is 3. The van der Waals surface area contributed by atoms with Gasteiger partial charge in [0.15, 0.2) is 0 Å². The molecule has 4 N–H and O–H groups in total. The van der Waals surface area contributed by atoms with Crippen molar-refractivity contribution in [2.75, 3.05) is 24.7 Å². The second kappa shape index (κ2) is 13.6. The lowest BCUT2D eigenvalue weighted by Crippen LogP contribution is -2.53. The summed E-state index contributed by atoms with van der Waals surface area (Å²) in [5.74, 6) is -1.03. The number of hydrogen-bond donors (Lipinski definition) is 2. The third kappa shape index (κ3) is 7.81. The highest BCUT2D eigenvalue weighted by atomic mass is 19.3. The minimum absolute atomic E-state index is 0.0533. The number of esters is 2. The lowest BCUT2D eigenvalue weighted by molar-refractivity contribution is -0.289. The highest BCUT2D eigenvalue weighted by molar-refractivity contribution is 5.91. The number of nitrogen functional groups attached to an aromatic ring is 2. The maximum absolute atomic E-state index is 15.5. The standard InChI is InChI=1S/C33H42F2N2O5/c1-2-3-4-12-31-13-16-32(17-14-31,18-15-31)33(34,35)42-28-9-6-24(7-10-28)8-11-29(38)40-19-5-20-41-30(39)25-21-26(36)23-27(37)22-25/h6-11,21-23H,2-5,12-20,36-37H2,1H3. The Kier molecular flexibility index (Phi) is 10.1. The van der Waals surface area contributed by atoms with Gasteiger partial charge in [0.25, 0.3) is 0 Å². The average molecular weight is 585 g/mol. The molecular weight excluding hydrogens is 542 g/mol. The second-order valence-corrected chi connectivity index (χ2v) is 11.8. The van der Waals surface area contributed by atoms with Gasteiger partial charge < -0.3 is 25.7 Å². The predicted octanol–water partition coefficient (Wildman–Crippen LogP) is 7.55. The molecule has 2 aromatic carbocycles. The van der Waals surface area contributed by atoms with Gasteiger partial charge in [0.05, 0.1) is 24.2 Å². The van der Waals surface area contributed by atoms with Gasteiger partial charge in [0.1, 0.15) is 5.75 Å². The number of nitrogens with two attached hydrogens (primary N) is 2. The number of unbranched alkanes of at least 4 members (excludes halogenated alkanes) is 2. The highest BCUT2D eigenvalue weighted by Gasteiger charge is 2.62. The molecule has 0 aliphatic heterocycles. The molecule has 0 atom stereocenters. The van der Waals surface area contributed by atoms with Crippen LogP contribution in [0.25, 0.3) is 6.08 Å². The van der Waals surface area contributed by atoms with E-state index >= 15 is 8.78 Å². The van der Waals surface area contributed by atoms with Gasteiger partial charge in [-0.1, -0.05) is 38.3 Å². The molecule has 3 saturated carbocycles. The SMILES string of the molecule is CCCCCC12CCC(C(F)(F)Oc3ccc(C=CC(=O)OCCCOC(=O)c4cc(N)cc(N)c4)cc3)(CC1)CC2. The van der Waals surface area contributed by atoms with Crippen molar-refractivity contribution < 1.29 is 32.6 Å². The van der Waals surface area contributed by atoms with E-state index in [2.05, 4.69) is 6.92 Å². The van der Waals surface area contributed by atoms with Crippen LogP contribution in [0.5, 0.6) is 5.75 Å². The Hall–Kier alpha value is -3.62. The Morgan fingerprint density at radius 2 is 1.50 bits per heavy atom. The minimum Gasteiger partial charge on any atom is -0.462 e. The van der Waals surface area contributed by atoms with Crippen LogP contribution in [0.3, 0.4) is 0 Å². The van der Waals surface area contributed by atoms with E-state index < -0.39 is 23.5 Å². The molecule has 3 aliphatic rings. The van der Waals surface area contributed by atoms with Crippen molar-refractivity contribution in [3.8, 4) is 5.75 Å². The largest absolute Gasteiger partial charge is 0.462 e. The molecule has 3 aliphatic carbocycles. The van der Waals surface area contributed by atoms with Gasteiger partial charge in [-0.05, 0) is 92.3 Å². The van der Waals surface area contributed by atoms with Crippen molar-refractivity contribution in [3.63, 3.8) is 0 Å². The molecule has 0 unspecified atom stereocenters. The Bertz CT molecular complexity index is 1220. The summed E-state index contributed by atoms with van der Waals surface area (Å²) in [6, 6.07) is 10.7. The lowest BCUT2D eigenvalue weighted by atomic mass is 9.52. The Morgan fingerprint density at radius 1 is 0.881 bits per heavy atom. The van der Waals surface area contributed by atoms with Crippen LogP contribution in [0.15, 0.2) is 48.5 Å². The second-order valence-electron chi connectivity index (χ2n) is 11.8. The van der Waals surface area contributed by atoms with E-state index in [4.69, 9.17) is 25.7 Å². The van der Waals surface area contributed by atoms with Gasteiger partial charge in [-0.15, -0.1) is 0 Å². The molecule has 2 aromatic rings. The van der Waals surface area contributed by atoms with E-state index in [1.165, 1.54) is 61.7 Å². The zero-order valence-electron chi connectivity index (χ0n) is 24.3. The first kappa shape index (κ1) is 31.3. The molecule has 228 valence electrons. The summed E-state index contributed by atoms with van der Waals surface area (Å²) in [6.45, 7) is 2.30. The quantitative estimate of drug-likeness (QED) is 0.102. The van der Waals surface area contributed by atoms with Crippen molar-refractivity contribution in [3.05, 3.63) is 59.7 Å². The molecule has 42 heavy (non-hydrogen) atoms. The van der Waals surface area contributed by atoms with E-state index in [1.54, 1.807) is 12.1 Å². The van der Waals surface area contributed by atoms with E-state index in [-0.39, 0.29) is 29.9 Å². The normalized spacial score (nSPS) is 21.8. The van der Waals surface area contributed by atoms with Crippen LogP contribution >= 0.6 is 0 Å². The molecule has 0 amide bonds. The molecule has 0 aromatic heterocycles. The fourth-order valence-electron chi connectivity index (χ4n) is 6.21. The number of fused-ring (bicyclic) bond motifs is 3. The molecule has 0 radical (unpaired) electrons. The average Bonchev–Trinajstić information content (AvgIpc) is 2.97. The van der Waals surface area contributed by atoms with Crippen molar-refractivity contribution in [1.29, 1.82) is 0 Å². The van der Waals surface area contributed by atoms with E-state index in [9.17, 15) is 9.59 Å². The number of halogens is 2. The van der Waals surface area contributed by atoms with Gasteiger partial charge in [0.2, 0.25) is 0 Å². The third-order valence-electron chi connectivity index (χ3n) is 8.85. The Morgan fingerprint density at radius 3 is 2.12 bits per heavy atom. The van der Waals surface area contributed by atoms with E-state index in [0.29, 0.717) is 42.6 Å². The predicted molar refractivity (Wildman–Crippen MR) is 159 cm³/mol. The van der Waals surface area contributed by atoms with Crippen molar-refractivity contribution in [2.24, 2.45) is 10.8 Å². The fourth-order valence-corrected chi connectivity index (χ4v) is 6.21. The van der Waals surface area contributed by atoms with E-state index in [1.807, 2.05) is 0 Å². The van der Waals surface area contributed by atoms with Crippen LogP contribution in [-0.4, -0.2) is 31.3 Å². The number of anilines is 2. The first-order chi connectivity index (χ1) is 20.1. The zero-order valence-corrected chi connectivity index (χ0v) is 24.3. The maximum Gasteiger partial charge on any atom is 0.403 e. The highest BCUT2D eigenvalue weighted by Crippen LogP contribution is 2.63. The maximum atomic E-state index is 15.5. The molecule has 0 spiro atoms. The molecular formula is C33H42F2N2O5. The van der Waals surface area contributed by atoms with Gasteiger partial charge in [-0.2, -0.15) is 8.78 Å². The summed E-state index contributed by atoms with van der Waals surface area (Å²) in [5.41, 5.74) is 12.1. The third-order valence-corrected chi connectivity index (χ3v) is 8.85. The summed E-state index contributed by atoms with van der Waals surface area (Å²) in [4.78, 5) is 24.1. The summed E-state index contributed by atoms with van der Waals surface area (Å²) in [5, 5.41) is 0. The molecule has 2 bridgehead atoms. The lowest BCUT2D eigenvalue weighted by Gasteiger charge is -2.55. The van der Waals surface area contributed by atoms with Crippen LogP contribution in [0.4, 0.5) is 20.2 Å². The Balaban J connectivity index is 1.18. The minimum atomic E-state index is -3.24. The summed E-state index contributed by atoms with van der Waals surface area (Å²) >= 11 is 0. The number of rotatable bonds is 14. The molecule has 3 fully saturated rings. The van der Waals surface area contributed by atoms with Crippen molar-refractivity contribution in [2.45, 2.75) is 83.7 Å². The topological polar surface area (TPSA) is 114 Å². The van der Waals surface area contributed by atoms with Gasteiger partial charge in [-0.3, -0.25) is 0 Å². The van der Waals surface area contributed by atoms with Crippen LogP contribution in [-0.2, 0) is 14.3 Å². The van der Waals surface area contributed by atoms with Crippen LogP contribution in [0.1, 0.15) is 93.5 Å². The summed E-state index contributed by atoms with van der Waals surface area (Å²) in [6.07, 6.45) is 8.70. The number of hydrogen-bond acceptors (Lipinski definition) is 7. The number of carbonyl (C=O) groups excluding carboxylic acids is 2. The van der Waals surface area contributed by atoms with Crippen LogP contribution < -0.4 is 16.2 Å². The molecule has 7 nitrogen and oxygen atoms in total. The molecule has 5 rings (SSSR count). The number of carbonyl (C=O) groups is 2. The van der Waals surface area contributed by atoms with Crippen LogP contribution in [0, 0.1) is 10.8 Å². The Labute approximate surface area is 246 Å². The van der Waals surface area contributed by atoms with Crippen LogP contribution in [0.2, 0.25) is 0 Å². The summed E-state index contributed by atoms with van der Waals surface area (Å²) in [7, 11) is 0. The summed E-state index contributed by atoms with van der Waals surface area (Å²) < 4.78 is 46.5. The smallest absolute Gasteiger partial charge is 0.403 e. The first-order valence-electron chi connectivity index (χ1n) is 14.9. The number of alkyl halides is 2. The van der Waals surface area contributed by atoms with E-state index in [0.717, 1.165) is 25.7 Å². The molecule has 0 heterocycles. The molecule has 0 saturated heterocycles. The van der Waals surface area contributed by atoms with Gasteiger partial charge >= 0.3 is 18.0 Å². The zero-order chi connectivity index (χ0) is 30.2. The fraction of sp³-hybridized carbons (Fsp3) is 0.515. The van der Waals surface area contributed by atoms with Crippen molar-refractivity contribution in [1.82, 2.24) is 0 Å².